The second kappa shape index (κ2) is 3.56. The fourth-order valence-corrected chi connectivity index (χ4v) is 2.16. The molecule has 0 saturated heterocycles. The lowest BCUT2D eigenvalue weighted by molar-refractivity contribution is -0.143. The monoisotopic (exact) mass is 242 g/mol. The molecule has 1 aromatic carbocycles. The van der Waals surface area contributed by atoms with Crippen molar-refractivity contribution in [3.05, 3.63) is 22.7 Å². The number of rotatable bonds is 2. The van der Waals surface area contributed by atoms with Gasteiger partial charge in [0.2, 0.25) is 0 Å². The normalized spacial score (nSPS) is 16.9. The first-order valence-electron chi connectivity index (χ1n) is 4.81. The van der Waals surface area contributed by atoms with E-state index in [4.69, 9.17) is 16.3 Å². The van der Waals surface area contributed by atoms with Gasteiger partial charge in [-0.2, -0.15) is 0 Å². The molecule has 5 heteroatoms. The van der Waals surface area contributed by atoms with Crippen molar-refractivity contribution in [3.8, 4) is 11.5 Å². The Balaban J connectivity index is 2.49. The maximum absolute atomic E-state index is 11.6. The average molecular weight is 243 g/mol. The number of benzene rings is 1. The maximum Gasteiger partial charge on any atom is 0.316 e. The van der Waals surface area contributed by atoms with Crippen LogP contribution >= 0.6 is 11.6 Å². The number of hydrogen-bond acceptors (Lipinski definition) is 4. The van der Waals surface area contributed by atoms with Crippen LogP contribution in [0, 0.1) is 0 Å². The highest BCUT2D eigenvalue weighted by Gasteiger charge is 2.53. The van der Waals surface area contributed by atoms with Gasteiger partial charge in [-0.3, -0.25) is 4.79 Å². The summed E-state index contributed by atoms with van der Waals surface area (Å²) in [4.78, 5) is 11.6. The van der Waals surface area contributed by atoms with E-state index >= 15 is 0 Å². The molecule has 1 fully saturated rings. The number of phenolic OH excluding ortho intramolecular Hbond substituents is 2. The molecule has 0 unspecified atom stereocenters. The van der Waals surface area contributed by atoms with Crippen LogP contribution in [0.4, 0.5) is 0 Å². The lowest BCUT2D eigenvalue weighted by atomic mass is 9.95. The molecule has 0 aromatic heterocycles. The van der Waals surface area contributed by atoms with Crippen molar-refractivity contribution >= 4 is 17.6 Å². The molecule has 0 aliphatic heterocycles. The fourth-order valence-electron chi connectivity index (χ4n) is 1.82. The topological polar surface area (TPSA) is 66.8 Å². The standard InChI is InChI=1S/C11H11ClO4/c1-16-10(15)11(2-3-11)6-4-8(13)9(14)5-7(6)12/h4-5,13-14H,2-3H2,1H3. The third-order valence-corrected chi connectivity index (χ3v) is 3.22. The van der Waals surface area contributed by atoms with Crippen LogP contribution in [0.1, 0.15) is 18.4 Å². The lowest BCUT2D eigenvalue weighted by Crippen LogP contribution is -2.22. The highest BCUT2D eigenvalue weighted by atomic mass is 35.5. The summed E-state index contributed by atoms with van der Waals surface area (Å²) in [6.07, 6.45) is 1.28. The van der Waals surface area contributed by atoms with E-state index in [2.05, 4.69) is 0 Å². The van der Waals surface area contributed by atoms with Crippen molar-refractivity contribution in [2.75, 3.05) is 7.11 Å². The van der Waals surface area contributed by atoms with Crippen LogP contribution in [-0.2, 0) is 14.9 Å². The Morgan fingerprint density at radius 2 is 1.94 bits per heavy atom. The zero-order valence-corrected chi connectivity index (χ0v) is 9.41. The molecular weight excluding hydrogens is 232 g/mol. The molecule has 0 bridgehead atoms. The Morgan fingerprint density at radius 1 is 1.38 bits per heavy atom. The second-order valence-electron chi connectivity index (χ2n) is 3.89. The summed E-state index contributed by atoms with van der Waals surface area (Å²) in [5, 5.41) is 18.9. The first-order valence-corrected chi connectivity index (χ1v) is 5.19. The zero-order valence-electron chi connectivity index (χ0n) is 8.66. The summed E-state index contributed by atoms with van der Waals surface area (Å²) < 4.78 is 4.72. The van der Waals surface area contributed by atoms with E-state index in [1.54, 1.807) is 0 Å². The number of esters is 1. The van der Waals surface area contributed by atoms with Crippen molar-refractivity contribution in [2.24, 2.45) is 0 Å². The van der Waals surface area contributed by atoms with Crippen molar-refractivity contribution < 1.29 is 19.7 Å². The minimum atomic E-state index is -0.739. The molecule has 0 heterocycles. The Kier molecular flexibility index (Phi) is 2.46. The third kappa shape index (κ3) is 1.50. The molecule has 0 spiro atoms. The summed E-state index contributed by atoms with van der Waals surface area (Å²) in [6, 6.07) is 2.55. The van der Waals surface area contributed by atoms with Gasteiger partial charge in [-0.15, -0.1) is 0 Å². The van der Waals surface area contributed by atoms with Crippen molar-refractivity contribution in [1.29, 1.82) is 0 Å². The van der Waals surface area contributed by atoms with E-state index in [1.165, 1.54) is 19.2 Å². The smallest absolute Gasteiger partial charge is 0.316 e. The highest BCUT2D eigenvalue weighted by molar-refractivity contribution is 6.32. The molecule has 1 aromatic rings. The summed E-state index contributed by atoms with van der Waals surface area (Å²) in [5.74, 6) is -0.941. The Morgan fingerprint density at radius 3 is 2.44 bits per heavy atom. The predicted octanol–water partition coefficient (Wildman–Crippen LogP) is 1.96. The molecule has 0 atom stereocenters. The number of halogens is 1. The van der Waals surface area contributed by atoms with Crippen LogP contribution < -0.4 is 0 Å². The molecular formula is C11H11ClO4. The van der Waals surface area contributed by atoms with E-state index in [1.807, 2.05) is 0 Å². The van der Waals surface area contributed by atoms with Crippen LogP contribution in [0.3, 0.4) is 0 Å². The van der Waals surface area contributed by atoms with Gasteiger partial charge < -0.3 is 14.9 Å². The molecule has 1 aliphatic carbocycles. The summed E-state index contributed by atoms with van der Waals surface area (Å²) in [6.45, 7) is 0. The van der Waals surface area contributed by atoms with E-state index in [0.717, 1.165) is 0 Å². The number of carbonyl (C=O) groups excluding carboxylic acids is 1. The van der Waals surface area contributed by atoms with Gasteiger partial charge in [-0.25, -0.2) is 0 Å². The minimum absolute atomic E-state index is 0.262. The highest BCUT2D eigenvalue weighted by Crippen LogP contribution is 2.53. The second-order valence-corrected chi connectivity index (χ2v) is 4.30. The molecule has 0 amide bonds. The zero-order chi connectivity index (χ0) is 11.9. The summed E-state index contributed by atoms with van der Waals surface area (Å²) in [5.41, 5.74) is -0.229. The number of phenols is 2. The van der Waals surface area contributed by atoms with Crippen molar-refractivity contribution in [2.45, 2.75) is 18.3 Å². The van der Waals surface area contributed by atoms with E-state index < -0.39 is 5.41 Å². The van der Waals surface area contributed by atoms with Crippen molar-refractivity contribution in [1.82, 2.24) is 0 Å². The molecule has 1 aliphatic rings. The number of hydrogen-bond donors (Lipinski definition) is 2. The van der Waals surface area contributed by atoms with Gasteiger partial charge in [0, 0.05) is 11.1 Å². The first-order chi connectivity index (χ1) is 7.51. The van der Waals surface area contributed by atoms with Gasteiger partial charge in [0.05, 0.1) is 12.5 Å². The number of aromatic hydroxyl groups is 2. The molecule has 2 rings (SSSR count). The van der Waals surface area contributed by atoms with Gasteiger partial charge >= 0.3 is 5.97 Å². The molecule has 1 saturated carbocycles. The third-order valence-electron chi connectivity index (χ3n) is 2.91. The SMILES string of the molecule is COC(=O)C1(c2cc(O)c(O)cc2Cl)CC1. The summed E-state index contributed by atoms with van der Waals surface area (Å²) >= 11 is 5.95. The Labute approximate surface area is 97.4 Å². The fraction of sp³-hybridized carbons (Fsp3) is 0.364. The van der Waals surface area contributed by atoms with Crippen LogP contribution in [-0.4, -0.2) is 23.3 Å². The average Bonchev–Trinajstić information content (AvgIpc) is 3.03. The number of ether oxygens (including phenoxy) is 1. The van der Waals surface area contributed by atoms with Gasteiger partial charge in [0.25, 0.3) is 0 Å². The van der Waals surface area contributed by atoms with Gasteiger partial charge in [-0.05, 0) is 24.5 Å². The van der Waals surface area contributed by atoms with Crippen LogP contribution in [0.2, 0.25) is 5.02 Å². The van der Waals surface area contributed by atoms with Crippen LogP contribution in [0.5, 0.6) is 11.5 Å². The molecule has 4 nitrogen and oxygen atoms in total. The largest absolute Gasteiger partial charge is 0.504 e. The molecule has 0 radical (unpaired) electrons. The van der Waals surface area contributed by atoms with Gasteiger partial charge in [0.1, 0.15) is 0 Å². The molecule has 86 valence electrons. The van der Waals surface area contributed by atoms with Gasteiger partial charge in [-0.1, -0.05) is 11.6 Å². The van der Waals surface area contributed by atoms with Gasteiger partial charge in [0.15, 0.2) is 11.5 Å². The maximum atomic E-state index is 11.6. The van der Waals surface area contributed by atoms with E-state index in [-0.39, 0.29) is 22.5 Å². The van der Waals surface area contributed by atoms with Crippen LogP contribution in [0.15, 0.2) is 12.1 Å². The number of carbonyl (C=O) groups is 1. The predicted molar refractivity (Wildman–Crippen MR) is 57.7 cm³/mol. The minimum Gasteiger partial charge on any atom is -0.504 e. The molecule has 2 N–H and O–H groups in total. The lowest BCUT2D eigenvalue weighted by Gasteiger charge is -2.15. The van der Waals surface area contributed by atoms with Crippen molar-refractivity contribution in [3.63, 3.8) is 0 Å². The first kappa shape index (κ1) is 11.1. The summed E-state index contributed by atoms with van der Waals surface area (Å²) in [7, 11) is 1.32. The van der Waals surface area contributed by atoms with E-state index in [0.29, 0.717) is 18.4 Å². The van der Waals surface area contributed by atoms with E-state index in [9.17, 15) is 15.0 Å². The Bertz CT molecular complexity index is 452. The number of methoxy groups -OCH3 is 1. The molecule has 16 heavy (non-hydrogen) atoms. The Hall–Kier alpha value is -1.42. The quantitative estimate of drug-likeness (QED) is 0.615. The van der Waals surface area contributed by atoms with Crippen LogP contribution in [0.25, 0.3) is 0 Å².